The second kappa shape index (κ2) is 7.11. The van der Waals surface area contributed by atoms with Crippen LogP contribution in [0.3, 0.4) is 0 Å². The first-order chi connectivity index (χ1) is 12.4. The molecule has 2 N–H and O–H groups in total. The number of hydrogen-bond acceptors (Lipinski definition) is 6. The molecule has 0 spiro atoms. The summed E-state index contributed by atoms with van der Waals surface area (Å²) in [5, 5.41) is 18.8. The van der Waals surface area contributed by atoms with Crippen molar-refractivity contribution in [3.05, 3.63) is 64.1 Å². The summed E-state index contributed by atoms with van der Waals surface area (Å²) in [7, 11) is 0. The first-order valence-corrected chi connectivity index (χ1v) is 8.52. The number of rotatable bonds is 4. The third-order valence-electron chi connectivity index (χ3n) is 3.63. The molecule has 1 fully saturated rings. The van der Waals surface area contributed by atoms with Crippen LogP contribution in [0.25, 0.3) is 6.08 Å². The maximum atomic E-state index is 12.7. The molecule has 1 saturated heterocycles. The van der Waals surface area contributed by atoms with E-state index in [1.807, 2.05) is 0 Å². The molecule has 0 atom stereocenters. The highest BCUT2D eigenvalue weighted by Crippen LogP contribution is 2.37. The lowest BCUT2D eigenvalue weighted by molar-refractivity contribution is -0.113. The lowest BCUT2D eigenvalue weighted by Gasteiger charge is -2.15. The second-order valence-electron chi connectivity index (χ2n) is 5.31. The van der Waals surface area contributed by atoms with Crippen molar-refractivity contribution in [1.82, 2.24) is 0 Å². The summed E-state index contributed by atoms with van der Waals surface area (Å²) in [6, 6.07) is 10.5. The Balaban J connectivity index is 1.91. The first kappa shape index (κ1) is 17.8. The monoisotopic (exact) mass is 385 g/mol. The number of carboxylic acids is 1. The molecule has 130 valence electrons. The Morgan fingerprint density at radius 3 is 2.35 bits per heavy atom. The first-order valence-electron chi connectivity index (χ1n) is 7.30. The molecule has 0 saturated carbocycles. The molecular formula is C18H11NO5S2. The van der Waals surface area contributed by atoms with Crippen molar-refractivity contribution in [3.8, 4) is 5.75 Å². The third kappa shape index (κ3) is 3.37. The molecule has 3 rings (SSSR count). The van der Waals surface area contributed by atoms with Crippen LogP contribution >= 0.6 is 24.0 Å². The van der Waals surface area contributed by atoms with E-state index in [1.165, 1.54) is 23.1 Å². The Kier molecular flexibility index (Phi) is 4.88. The summed E-state index contributed by atoms with van der Waals surface area (Å²) in [6.45, 7) is 0. The standard InChI is InChI=1S/C18H11NO5S2/c20-9-11-3-1-10(2-4-11)7-15-16(22)19(18(25)26-15)12-5-6-13(17(23)24)14(21)8-12/h1-9,21H,(H,23,24). The molecule has 0 unspecified atom stereocenters. The van der Waals surface area contributed by atoms with Gasteiger partial charge < -0.3 is 10.2 Å². The van der Waals surface area contributed by atoms with E-state index in [2.05, 4.69) is 0 Å². The maximum Gasteiger partial charge on any atom is 0.339 e. The van der Waals surface area contributed by atoms with Crippen LogP contribution in [-0.2, 0) is 4.79 Å². The van der Waals surface area contributed by atoms with Gasteiger partial charge in [0.05, 0.1) is 10.6 Å². The second-order valence-corrected chi connectivity index (χ2v) is 6.98. The van der Waals surface area contributed by atoms with E-state index >= 15 is 0 Å². The number of thiocarbonyl (C=S) groups is 1. The fourth-order valence-corrected chi connectivity index (χ4v) is 3.65. The zero-order chi connectivity index (χ0) is 18.8. The molecule has 0 aromatic heterocycles. The fourth-order valence-electron chi connectivity index (χ4n) is 2.35. The lowest BCUT2D eigenvalue weighted by atomic mass is 10.1. The van der Waals surface area contributed by atoms with Crippen LogP contribution in [0.5, 0.6) is 5.75 Å². The van der Waals surface area contributed by atoms with Gasteiger partial charge in [-0.1, -0.05) is 48.2 Å². The largest absolute Gasteiger partial charge is 0.507 e. The smallest absolute Gasteiger partial charge is 0.339 e. The Hall–Kier alpha value is -2.97. The van der Waals surface area contributed by atoms with E-state index in [-0.39, 0.29) is 21.5 Å². The number of benzene rings is 2. The molecule has 1 aliphatic rings. The molecular weight excluding hydrogens is 374 g/mol. The summed E-state index contributed by atoms with van der Waals surface area (Å²) >= 11 is 6.34. The Morgan fingerprint density at radius 2 is 1.77 bits per heavy atom. The number of carbonyl (C=O) groups excluding carboxylic acids is 2. The van der Waals surface area contributed by atoms with Crippen LogP contribution in [0.2, 0.25) is 0 Å². The van der Waals surface area contributed by atoms with Crippen LogP contribution in [0, 0.1) is 0 Å². The number of nitrogens with zero attached hydrogens (tertiary/aromatic N) is 1. The molecule has 1 heterocycles. The topological polar surface area (TPSA) is 94.9 Å². The van der Waals surface area contributed by atoms with Gasteiger partial charge in [-0.15, -0.1) is 0 Å². The Bertz CT molecular complexity index is 966. The van der Waals surface area contributed by atoms with Crippen LogP contribution in [0.15, 0.2) is 47.4 Å². The van der Waals surface area contributed by atoms with Gasteiger partial charge in [0, 0.05) is 11.6 Å². The highest BCUT2D eigenvalue weighted by molar-refractivity contribution is 8.27. The number of hydrogen-bond donors (Lipinski definition) is 2. The quantitative estimate of drug-likeness (QED) is 0.474. The molecule has 1 amide bonds. The minimum Gasteiger partial charge on any atom is -0.507 e. The number of phenols is 1. The zero-order valence-corrected chi connectivity index (χ0v) is 14.7. The van der Waals surface area contributed by atoms with Crippen LogP contribution < -0.4 is 4.90 Å². The summed E-state index contributed by atoms with van der Waals surface area (Å²) in [5.41, 5.74) is 1.29. The number of carbonyl (C=O) groups is 3. The average molecular weight is 385 g/mol. The van der Waals surface area contributed by atoms with Gasteiger partial charge in [0.25, 0.3) is 5.91 Å². The normalized spacial score (nSPS) is 15.5. The van der Waals surface area contributed by atoms with Crippen LogP contribution in [0.1, 0.15) is 26.3 Å². The molecule has 6 nitrogen and oxygen atoms in total. The van der Waals surface area contributed by atoms with E-state index in [0.717, 1.165) is 23.6 Å². The molecule has 26 heavy (non-hydrogen) atoms. The molecule has 0 bridgehead atoms. The lowest BCUT2D eigenvalue weighted by Crippen LogP contribution is -2.27. The molecule has 8 heteroatoms. The number of thioether (sulfide) groups is 1. The van der Waals surface area contributed by atoms with E-state index in [1.54, 1.807) is 30.3 Å². The van der Waals surface area contributed by atoms with E-state index in [4.69, 9.17) is 17.3 Å². The van der Waals surface area contributed by atoms with Crippen molar-refractivity contribution in [1.29, 1.82) is 0 Å². The van der Waals surface area contributed by atoms with Gasteiger partial charge in [0.1, 0.15) is 17.6 Å². The van der Waals surface area contributed by atoms with Gasteiger partial charge in [-0.3, -0.25) is 14.5 Å². The number of aldehydes is 1. The molecule has 0 aliphatic carbocycles. The summed E-state index contributed by atoms with van der Waals surface area (Å²) < 4.78 is 0.272. The molecule has 1 aliphatic heterocycles. The van der Waals surface area contributed by atoms with Gasteiger partial charge in [0.15, 0.2) is 4.32 Å². The number of aromatic hydroxyl groups is 1. The van der Waals surface area contributed by atoms with Crippen molar-refractivity contribution in [2.45, 2.75) is 0 Å². The van der Waals surface area contributed by atoms with Crippen molar-refractivity contribution < 1.29 is 24.6 Å². The third-order valence-corrected chi connectivity index (χ3v) is 4.94. The molecule has 2 aromatic carbocycles. The minimum absolute atomic E-state index is 0.259. The fraction of sp³-hybridized carbons (Fsp3) is 0. The van der Waals surface area contributed by atoms with E-state index < -0.39 is 11.7 Å². The van der Waals surface area contributed by atoms with Gasteiger partial charge in [0.2, 0.25) is 0 Å². The summed E-state index contributed by atoms with van der Waals surface area (Å²) in [5.74, 6) is -2.09. The van der Waals surface area contributed by atoms with Crippen molar-refractivity contribution in [3.63, 3.8) is 0 Å². The van der Waals surface area contributed by atoms with Gasteiger partial charge >= 0.3 is 5.97 Å². The predicted molar refractivity (Wildman–Crippen MR) is 103 cm³/mol. The minimum atomic E-state index is -1.27. The van der Waals surface area contributed by atoms with Crippen LogP contribution in [-0.4, -0.2) is 32.7 Å². The van der Waals surface area contributed by atoms with Crippen molar-refractivity contribution in [2.75, 3.05) is 4.90 Å². The summed E-state index contributed by atoms with van der Waals surface area (Å²) in [4.78, 5) is 36.0. The predicted octanol–water partition coefficient (Wildman–Crippen LogP) is 3.31. The highest BCUT2D eigenvalue weighted by atomic mass is 32.2. The maximum absolute atomic E-state index is 12.7. The highest BCUT2D eigenvalue weighted by Gasteiger charge is 2.33. The van der Waals surface area contributed by atoms with Crippen LogP contribution in [0.4, 0.5) is 5.69 Å². The Labute approximate surface area is 157 Å². The van der Waals surface area contributed by atoms with Crippen molar-refractivity contribution in [2.24, 2.45) is 0 Å². The average Bonchev–Trinajstić information content (AvgIpc) is 2.88. The van der Waals surface area contributed by atoms with Gasteiger partial charge in [-0.2, -0.15) is 0 Å². The number of aromatic carboxylic acids is 1. The number of amides is 1. The van der Waals surface area contributed by atoms with Gasteiger partial charge in [-0.05, 0) is 23.8 Å². The van der Waals surface area contributed by atoms with E-state index in [9.17, 15) is 19.5 Å². The van der Waals surface area contributed by atoms with Crippen molar-refractivity contribution >= 4 is 58.2 Å². The SMILES string of the molecule is O=Cc1ccc(C=C2SC(=S)N(c3ccc(C(=O)O)c(O)c3)C2=O)cc1. The summed E-state index contributed by atoms with van der Waals surface area (Å²) in [6.07, 6.45) is 2.38. The molecule has 2 aromatic rings. The number of carboxylic acid groups (broad SMARTS) is 1. The Morgan fingerprint density at radius 1 is 1.12 bits per heavy atom. The van der Waals surface area contributed by atoms with E-state index in [0.29, 0.717) is 10.5 Å². The van der Waals surface area contributed by atoms with Gasteiger partial charge in [-0.25, -0.2) is 4.79 Å². The number of anilines is 1. The molecule has 0 radical (unpaired) electrons. The zero-order valence-electron chi connectivity index (χ0n) is 13.1.